The van der Waals surface area contributed by atoms with Crippen LogP contribution in [0.1, 0.15) is 30.9 Å². The van der Waals surface area contributed by atoms with Crippen molar-refractivity contribution in [2.45, 2.75) is 38.3 Å². The number of hydrogen-bond donors (Lipinski definition) is 0. The second-order valence-electron chi connectivity index (χ2n) is 5.41. The Balaban J connectivity index is 1.88. The highest BCUT2D eigenvalue weighted by Crippen LogP contribution is 2.44. The number of hydrogen-bond acceptors (Lipinski definition) is 2. The van der Waals surface area contributed by atoms with E-state index in [1.54, 1.807) is 12.1 Å². The number of halogens is 1. The molecule has 2 heterocycles. The van der Waals surface area contributed by atoms with Crippen molar-refractivity contribution in [3.8, 4) is 17.1 Å². The van der Waals surface area contributed by atoms with Crippen LogP contribution < -0.4 is 4.74 Å². The predicted octanol–water partition coefficient (Wildman–Crippen LogP) is 3.48. The summed E-state index contributed by atoms with van der Waals surface area (Å²) in [6.07, 6.45) is 3.56. The molecule has 19 heavy (non-hydrogen) atoms. The maximum absolute atomic E-state index is 13.9. The van der Waals surface area contributed by atoms with Crippen molar-refractivity contribution in [3.05, 3.63) is 35.6 Å². The summed E-state index contributed by atoms with van der Waals surface area (Å²) in [5.41, 5.74) is 2.21. The molecule has 2 aliphatic rings. The highest BCUT2D eigenvalue weighted by atomic mass is 19.1. The normalized spacial score (nSPS) is 24.1. The van der Waals surface area contributed by atoms with Crippen LogP contribution in [0, 0.1) is 12.7 Å². The monoisotopic (exact) mass is 258 g/mol. The molecule has 1 aliphatic carbocycles. The Morgan fingerprint density at radius 2 is 2.16 bits per heavy atom. The number of rotatable bonds is 1. The highest BCUT2D eigenvalue weighted by molar-refractivity contribution is 5.65. The van der Waals surface area contributed by atoms with Gasteiger partial charge in [-0.25, -0.2) is 9.07 Å². The fourth-order valence-electron chi connectivity index (χ4n) is 3.20. The van der Waals surface area contributed by atoms with Crippen LogP contribution in [0.3, 0.4) is 0 Å². The van der Waals surface area contributed by atoms with Gasteiger partial charge in [-0.1, -0.05) is 12.1 Å². The molecule has 0 amide bonds. The minimum Gasteiger partial charge on any atom is -0.474 e. The van der Waals surface area contributed by atoms with E-state index in [0.29, 0.717) is 23.4 Å². The maximum Gasteiger partial charge on any atom is 0.215 e. The molecule has 0 N–H and O–H groups in total. The van der Waals surface area contributed by atoms with Gasteiger partial charge in [0.2, 0.25) is 5.88 Å². The van der Waals surface area contributed by atoms with Gasteiger partial charge in [0.05, 0.1) is 6.04 Å². The average Bonchev–Trinajstić information content (AvgIpc) is 2.95. The molecule has 0 radical (unpaired) electrons. The number of aromatic nitrogens is 2. The maximum atomic E-state index is 13.9. The molecule has 0 saturated heterocycles. The Hall–Kier alpha value is -1.84. The van der Waals surface area contributed by atoms with Crippen LogP contribution in [0.5, 0.6) is 5.88 Å². The second-order valence-corrected chi connectivity index (χ2v) is 5.41. The molecule has 98 valence electrons. The van der Waals surface area contributed by atoms with Gasteiger partial charge in [-0.05, 0) is 31.9 Å². The molecule has 0 unspecified atom stereocenters. The molecule has 1 aliphatic heterocycles. The van der Waals surface area contributed by atoms with E-state index in [-0.39, 0.29) is 5.82 Å². The zero-order valence-corrected chi connectivity index (χ0v) is 10.8. The summed E-state index contributed by atoms with van der Waals surface area (Å²) >= 11 is 0. The van der Waals surface area contributed by atoms with Gasteiger partial charge in [0.25, 0.3) is 0 Å². The number of nitrogens with zero attached hydrogens (tertiary/aromatic N) is 2. The van der Waals surface area contributed by atoms with Crippen molar-refractivity contribution in [3.63, 3.8) is 0 Å². The minimum absolute atomic E-state index is 0.230. The van der Waals surface area contributed by atoms with Gasteiger partial charge in [-0.3, -0.25) is 0 Å². The Bertz CT molecular complexity index is 650. The van der Waals surface area contributed by atoms with E-state index in [4.69, 9.17) is 4.74 Å². The first-order valence-electron chi connectivity index (χ1n) is 6.74. The molecular weight excluding hydrogens is 243 g/mol. The molecule has 2 aromatic rings. The van der Waals surface area contributed by atoms with E-state index in [0.717, 1.165) is 30.7 Å². The topological polar surface area (TPSA) is 27.1 Å². The fourth-order valence-corrected chi connectivity index (χ4v) is 3.20. The standard InChI is InChI=1S/C15H15FN2O/c1-9-14(12-4-2-3-5-13(12)16)17-18-10-6-7-11(8-10)19-15(9)18/h2-5,10-11H,6-8H2,1H3/t10-,11+/m0/s1. The zero-order valence-electron chi connectivity index (χ0n) is 10.8. The molecule has 3 nitrogen and oxygen atoms in total. The summed E-state index contributed by atoms with van der Waals surface area (Å²) < 4.78 is 21.9. The van der Waals surface area contributed by atoms with Crippen LogP contribution in [-0.2, 0) is 0 Å². The Labute approximate surface area is 111 Å². The van der Waals surface area contributed by atoms with E-state index in [1.807, 2.05) is 17.7 Å². The van der Waals surface area contributed by atoms with Gasteiger partial charge < -0.3 is 4.74 Å². The molecule has 4 heteroatoms. The molecule has 4 rings (SSSR count). The Morgan fingerprint density at radius 3 is 3.00 bits per heavy atom. The van der Waals surface area contributed by atoms with Gasteiger partial charge >= 0.3 is 0 Å². The third-order valence-electron chi connectivity index (χ3n) is 4.20. The smallest absolute Gasteiger partial charge is 0.215 e. The second kappa shape index (κ2) is 3.83. The van der Waals surface area contributed by atoms with Crippen molar-refractivity contribution < 1.29 is 9.13 Å². The Kier molecular flexibility index (Phi) is 2.22. The quantitative estimate of drug-likeness (QED) is 0.783. The van der Waals surface area contributed by atoms with E-state index >= 15 is 0 Å². The summed E-state index contributed by atoms with van der Waals surface area (Å²) in [4.78, 5) is 0. The van der Waals surface area contributed by atoms with Gasteiger partial charge in [0.15, 0.2) is 0 Å². The Morgan fingerprint density at radius 1 is 1.32 bits per heavy atom. The van der Waals surface area contributed by atoms with E-state index < -0.39 is 0 Å². The summed E-state index contributed by atoms with van der Waals surface area (Å²) in [7, 11) is 0. The molecule has 2 atom stereocenters. The van der Waals surface area contributed by atoms with E-state index in [9.17, 15) is 4.39 Å². The first kappa shape index (κ1) is 11.0. The number of ether oxygens (including phenoxy) is 1. The van der Waals surface area contributed by atoms with Crippen LogP contribution in [0.2, 0.25) is 0 Å². The first-order valence-corrected chi connectivity index (χ1v) is 6.74. The molecule has 0 spiro atoms. The largest absolute Gasteiger partial charge is 0.474 e. The molecule has 1 aromatic heterocycles. The molecule has 1 fully saturated rings. The summed E-state index contributed by atoms with van der Waals surface area (Å²) in [6, 6.07) is 7.20. The van der Waals surface area contributed by atoms with Crippen molar-refractivity contribution in [2.24, 2.45) is 0 Å². The van der Waals surface area contributed by atoms with Crippen LogP contribution in [0.25, 0.3) is 11.3 Å². The lowest BCUT2D eigenvalue weighted by molar-refractivity contribution is 0.152. The number of fused-ring (bicyclic) bond motifs is 4. The first-order chi connectivity index (χ1) is 9.24. The zero-order chi connectivity index (χ0) is 13.0. The third-order valence-corrected chi connectivity index (χ3v) is 4.20. The molecule has 1 aromatic carbocycles. The minimum atomic E-state index is -0.230. The van der Waals surface area contributed by atoms with Crippen LogP contribution in [-0.4, -0.2) is 15.9 Å². The van der Waals surface area contributed by atoms with Crippen molar-refractivity contribution in [2.75, 3.05) is 0 Å². The van der Waals surface area contributed by atoms with Gasteiger partial charge in [0, 0.05) is 17.5 Å². The van der Waals surface area contributed by atoms with E-state index in [2.05, 4.69) is 5.10 Å². The van der Waals surface area contributed by atoms with Gasteiger partial charge in [-0.15, -0.1) is 0 Å². The van der Waals surface area contributed by atoms with Gasteiger partial charge in [0.1, 0.15) is 17.6 Å². The van der Waals surface area contributed by atoms with Crippen molar-refractivity contribution in [1.82, 2.24) is 9.78 Å². The summed E-state index contributed by atoms with van der Waals surface area (Å²) in [5, 5.41) is 4.61. The van der Waals surface area contributed by atoms with Gasteiger partial charge in [-0.2, -0.15) is 5.10 Å². The van der Waals surface area contributed by atoms with Crippen LogP contribution in [0.15, 0.2) is 24.3 Å². The fraction of sp³-hybridized carbons (Fsp3) is 0.400. The third kappa shape index (κ3) is 1.52. The lowest BCUT2D eigenvalue weighted by Crippen LogP contribution is -2.22. The lowest BCUT2D eigenvalue weighted by Gasteiger charge is -2.22. The molecule has 2 bridgehead atoms. The SMILES string of the molecule is Cc1c(-c2ccccc2F)nn2c1O[C@@H]1CC[C@H]2C1. The van der Waals surface area contributed by atoms with Crippen molar-refractivity contribution >= 4 is 0 Å². The van der Waals surface area contributed by atoms with Crippen LogP contribution >= 0.6 is 0 Å². The van der Waals surface area contributed by atoms with Crippen LogP contribution in [0.4, 0.5) is 4.39 Å². The van der Waals surface area contributed by atoms with Crippen molar-refractivity contribution in [1.29, 1.82) is 0 Å². The molecule has 1 saturated carbocycles. The predicted molar refractivity (Wildman–Crippen MR) is 69.7 cm³/mol. The summed E-state index contributed by atoms with van der Waals surface area (Å²) in [5.74, 6) is 0.600. The highest BCUT2D eigenvalue weighted by Gasteiger charge is 2.37. The summed E-state index contributed by atoms with van der Waals surface area (Å²) in [6.45, 7) is 1.96. The van der Waals surface area contributed by atoms with E-state index in [1.165, 1.54) is 6.07 Å². The number of benzene rings is 1. The molecular formula is C15H15FN2O. The lowest BCUT2D eigenvalue weighted by atomic mass is 10.1. The average molecular weight is 258 g/mol.